The second kappa shape index (κ2) is 7.23. The van der Waals surface area contributed by atoms with Crippen molar-refractivity contribution in [3.8, 4) is 5.75 Å². The Morgan fingerprint density at radius 1 is 1.43 bits per heavy atom. The summed E-state index contributed by atoms with van der Waals surface area (Å²) < 4.78 is 28.4. The highest BCUT2D eigenvalue weighted by Gasteiger charge is 2.33. The fourth-order valence-electron chi connectivity index (χ4n) is 2.74. The van der Waals surface area contributed by atoms with Crippen LogP contribution < -0.4 is 15.8 Å². The van der Waals surface area contributed by atoms with Crippen molar-refractivity contribution in [1.29, 1.82) is 0 Å². The first-order chi connectivity index (χ1) is 10.8. The Kier molecular flexibility index (Phi) is 5.54. The number of amides is 1. The van der Waals surface area contributed by atoms with E-state index in [1.54, 1.807) is 0 Å². The number of carbonyl (C=O) groups excluding carboxylic acids is 1. The first-order valence-corrected chi connectivity index (χ1v) is 7.59. The van der Waals surface area contributed by atoms with Crippen LogP contribution in [0.3, 0.4) is 0 Å². The average Bonchev–Trinajstić information content (AvgIpc) is 2.44. The number of nitrogens with two attached hydrogens (primary N) is 1. The summed E-state index contributed by atoms with van der Waals surface area (Å²) in [6, 6.07) is 6.00. The van der Waals surface area contributed by atoms with E-state index < -0.39 is 6.61 Å². The lowest BCUT2D eigenvalue weighted by Gasteiger charge is -2.42. The van der Waals surface area contributed by atoms with Gasteiger partial charge in [0.2, 0.25) is 5.91 Å². The molecule has 1 aromatic carbocycles. The number of benzene rings is 1. The van der Waals surface area contributed by atoms with E-state index in [2.05, 4.69) is 28.8 Å². The molecular formula is C16H23F2N3O2. The molecule has 7 heteroatoms. The molecule has 1 heterocycles. The monoisotopic (exact) mass is 327 g/mol. The lowest BCUT2D eigenvalue weighted by Crippen LogP contribution is -2.53. The first-order valence-electron chi connectivity index (χ1n) is 7.59. The summed E-state index contributed by atoms with van der Waals surface area (Å²) in [4.78, 5) is 14.2. The van der Waals surface area contributed by atoms with Crippen molar-refractivity contribution < 1.29 is 18.3 Å². The Balaban J connectivity index is 1.85. The molecule has 1 amide bonds. The largest absolute Gasteiger partial charge is 0.435 e. The number of anilines is 1. The van der Waals surface area contributed by atoms with Crippen LogP contribution in [0.5, 0.6) is 5.75 Å². The molecule has 3 N–H and O–H groups in total. The van der Waals surface area contributed by atoms with Crippen LogP contribution in [0.2, 0.25) is 0 Å². The summed E-state index contributed by atoms with van der Waals surface area (Å²) in [5.74, 6) is -0.0800. The highest BCUT2D eigenvalue weighted by atomic mass is 19.3. The maximum Gasteiger partial charge on any atom is 0.387 e. The third-order valence-electron chi connectivity index (χ3n) is 4.12. The highest BCUT2D eigenvalue weighted by Crippen LogP contribution is 2.27. The Hall–Kier alpha value is -1.73. The SMILES string of the molecule is CC1(C)CN(CC(=O)Nc2ccc(OC(F)F)cc2)CCC1N. The van der Waals surface area contributed by atoms with Crippen molar-refractivity contribution in [3.05, 3.63) is 24.3 Å². The maximum atomic E-state index is 12.1. The number of nitrogens with zero attached hydrogens (tertiary/aromatic N) is 1. The Morgan fingerprint density at radius 2 is 2.09 bits per heavy atom. The molecule has 0 aliphatic carbocycles. The third kappa shape index (κ3) is 5.14. The molecule has 1 atom stereocenters. The molecule has 2 rings (SSSR count). The molecule has 1 fully saturated rings. The number of likely N-dealkylation sites (tertiary alicyclic amines) is 1. The van der Waals surface area contributed by atoms with Crippen molar-refractivity contribution in [2.24, 2.45) is 11.1 Å². The van der Waals surface area contributed by atoms with Gasteiger partial charge in [-0.3, -0.25) is 9.69 Å². The van der Waals surface area contributed by atoms with E-state index in [1.807, 2.05) is 0 Å². The molecule has 0 saturated carbocycles. The summed E-state index contributed by atoms with van der Waals surface area (Å²) in [5, 5.41) is 2.75. The first kappa shape index (κ1) is 17.6. The summed E-state index contributed by atoms with van der Waals surface area (Å²) >= 11 is 0. The van der Waals surface area contributed by atoms with Crippen molar-refractivity contribution in [3.63, 3.8) is 0 Å². The molecule has 1 aliphatic heterocycles. The lowest BCUT2D eigenvalue weighted by molar-refractivity contribution is -0.118. The summed E-state index contributed by atoms with van der Waals surface area (Å²) in [6.07, 6.45) is 0.861. The molecule has 128 valence electrons. The molecule has 1 saturated heterocycles. The number of carbonyl (C=O) groups is 1. The standard InChI is InChI=1S/C16H23F2N3O2/c1-16(2)10-21(8-7-13(16)19)9-14(22)20-11-3-5-12(6-4-11)23-15(17)18/h3-6,13,15H,7-10,19H2,1-2H3,(H,20,22). The predicted octanol–water partition coefficient (Wildman–Crippen LogP) is 2.29. The predicted molar refractivity (Wildman–Crippen MR) is 84.5 cm³/mol. The van der Waals surface area contributed by atoms with E-state index in [-0.39, 0.29) is 29.7 Å². The smallest absolute Gasteiger partial charge is 0.387 e. The maximum absolute atomic E-state index is 12.1. The van der Waals surface area contributed by atoms with Gasteiger partial charge in [0.1, 0.15) is 5.75 Å². The van der Waals surface area contributed by atoms with Crippen molar-refractivity contribution >= 4 is 11.6 Å². The molecule has 0 spiro atoms. The van der Waals surface area contributed by atoms with Gasteiger partial charge in [0.25, 0.3) is 0 Å². The summed E-state index contributed by atoms with van der Waals surface area (Å²) in [7, 11) is 0. The second-order valence-electron chi connectivity index (χ2n) is 6.55. The number of hydrogen-bond donors (Lipinski definition) is 2. The normalized spacial score (nSPS) is 21.2. The highest BCUT2D eigenvalue weighted by molar-refractivity contribution is 5.92. The second-order valence-corrected chi connectivity index (χ2v) is 6.55. The van der Waals surface area contributed by atoms with Crippen LogP contribution in [-0.4, -0.2) is 43.1 Å². The van der Waals surface area contributed by atoms with E-state index >= 15 is 0 Å². The van der Waals surface area contributed by atoms with Crippen molar-refractivity contribution in [2.45, 2.75) is 32.9 Å². The fourth-order valence-corrected chi connectivity index (χ4v) is 2.74. The molecule has 23 heavy (non-hydrogen) atoms. The zero-order chi connectivity index (χ0) is 17.0. The van der Waals surface area contributed by atoms with Gasteiger partial charge < -0.3 is 15.8 Å². The Bertz CT molecular complexity index is 535. The van der Waals surface area contributed by atoms with Gasteiger partial charge in [-0.15, -0.1) is 0 Å². The molecule has 0 bridgehead atoms. The van der Waals surface area contributed by atoms with Gasteiger partial charge in [-0.05, 0) is 36.1 Å². The molecule has 1 aromatic rings. The zero-order valence-electron chi connectivity index (χ0n) is 13.4. The Labute approximate surface area is 134 Å². The number of halogens is 2. The third-order valence-corrected chi connectivity index (χ3v) is 4.12. The van der Waals surface area contributed by atoms with Crippen LogP contribution in [0.15, 0.2) is 24.3 Å². The van der Waals surface area contributed by atoms with Crippen LogP contribution in [0, 0.1) is 5.41 Å². The van der Waals surface area contributed by atoms with Gasteiger partial charge in [-0.2, -0.15) is 8.78 Å². The molecule has 0 aromatic heterocycles. The van der Waals surface area contributed by atoms with Gasteiger partial charge in [0, 0.05) is 24.8 Å². The fraction of sp³-hybridized carbons (Fsp3) is 0.562. The van der Waals surface area contributed by atoms with E-state index in [9.17, 15) is 13.6 Å². The van der Waals surface area contributed by atoms with E-state index in [0.29, 0.717) is 5.69 Å². The molecular weight excluding hydrogens is 304 g/mol. The number of hydrogen-bond acceptors (Lipinski definition) is 4. The Morgan fingerprint density at radius 3 is 2.65 bits per heavy atom. The molecule has 0 radical (unpaired) electrons. The van der Waals surface area contributed by atoms with Gasteiger partial charge >= 0.3 is 6.61 Å². The summed E-state index contributed by atoms with van der Waals surface area (Å²) in [5.41, 5.74) is 6.61. The van der Waals surface area contributed by atoms with Gasteiger partial charge in [0.15, 0.2) is 0 Å². The van der Waals surface area contributed by atoms with Crippen LogP contribution >= 0.6 is 0 Å². The number of piperidine rings is 1. The van der Waals surface area contributed by atoms with Crippen molar-refractivity contribution in [2.75, 3.05) is 25.0 Å². The van der Waals surface area contributed by atoms with Crippen LogP contribution in [0.25, 0.3) is 0 Å². The van der Waals surface area contributed by atoms with Crippen LogP contribution in [0.1, 0.15) is 20.3 Å². The quantitative estimate of drug-likeness (QED) is 0.871. The van der Waals surface area contributed by atoms with Gasteiger partial charge in [-0.25, -0.2) is 0 Å². The lowest BCUT2D eigenvalue weighted by atomic mass is 9.80. The van der Waals surface area contributed by atoms with Crippen LogP contribution in [-0.2, 0) is 4.79 Å². The van der Waals surface area contributed by atoms with Crippen molar-refractivity contribution in [1.82, 2.24) is 4.90 Å². The van der Waals surface area contributed by atoms with E-state index in [1.165, 1.54) is 24.3 Å². The zero-order valence-corrected chi connectivity index (χ0v) is 13.4. The minimum atomic E-state index is -2.86. The van der Waals surface area contributed by atoms with E-state index in [0.717, 1.165) is 19.5 Å². The number of alkyl halides is 2. The minimum Gasteiger partial charge on any atom is -0.435 e. The summed E-state index contributed by atoms with van der Waals surface area (Å²) in [6.45, 7) is 3.18. The number of nitrogens with one attached hydrogen (secondary N) is 1. The average molecular weight is 327 g/mol. The molecule has 5 nitrogen and oxygen atoms in total. The number of ether oxygens (including phenoxy) is 1. The van der Waals surface area contributed by atoms with Gasteiger partial charge in [0.05, 0.1) is 6.54 Å². The molecule has 1 aliphatic rings. The van der Waals surface area contributed by atoms with E-state index in [4.69, 9.17) is 5.73 Å². The topological polar surface area (TPSA) is 67.6 Å². The van der Waals surface area contributed by atoms with Crippen LogP contribution in [0.4, 0.5) is 14.5 Å². The van der Waals surface area contributed by atoms with Gasteiger partial charge in [-0.1, -0.05) is 13.8 Å². The number of rotatable bonds is 5. The minimum absolute atomic E-state index is 0.0210. The molecule has 1 unspecified atom stereocenters.